The van der Waals surface area contributed by atoms with E-state index >= 15 is 0 Å². The number of ether oxygens (including phenoxy) is 2. The van der Waals surface area contributed by atoms with Gasteiger partial charge in [0.15, 0.2) is 11.6 Å². The molecule has 0 amide bonds. The number of carbonyl (C=O) groups is 1. The molecule has 0 atom stereocenters. The Morgan fingerprint density at radius 2 is 1.93 bits per heavy atom. The van der Waals surface area contributed by atoms with Gasteiger partial charge in [0.05, 0.1) is 23.7 Å². The van der Waals surface area contributed by atoms with Crippen LogP contribution in [0.1, 0.15) is 16.8 Å². The van der Waals surface area contributed by atoms with Gasteiger partial charge < -0.3 is 14.6 Å². The van der Waals surface area contributed by atoms with Crippen molar-refractivity contribution in [3.05, 3.63) is 83.3 Å². The Balaban J connectivity index is 1.64. The number of hydrogen-bond donors (Lipinski definition) is 1. The van der Waals surface area contributed by atoms with E-state index in [9.17, 15) is 9.18 Å². The predicted octanol–water partition coefficient (Wildman–Crippen LogP) is 4.09. The number of nitriles is 1. The standard InChI is InChI=1S/C21H15FN2O4/c22-18-10-15(12-23)6-9-19(18)27-13-16-2-1-3-20(24-16)28-17-7-4-14(5-8-17)11-21(25)26/h1-10H,11,13H2,(H,25,26). The third-order valence-corrected chi connectivity index (χ3v) is 3.72. The number of benzene rings is 2. The second kappa shape index (κ2) is 8.64. The molecular formula is C21H15FN2O4. The van der Waals surface area contributed by atoms with Gasteiger partial charge >= 0.3 is 5.97 Å². The van der Waals surface area contributed by atoms with E-state index in [-0.39, 0.29) is 24.3 Å². The molecule has 0 aliphatic rings. The molecule has 0 bridgehead atoms. The second-order valence-corrected chi connectivity index (χ2v) is 5.83. The van der Waals surface area contributed by atoms with Gasteiger partial charge in [-0.15, -0.1) is 0 Å². The zero-order valence-corrected chi connectivity index (χ0v) is 14.6. The van der Waals surface area contributed by atoms with Gasteiger partial charge in [-0.1, -0.05) is 18.2 Å². The van der Waals surface area contributed by atoms with Gasteiger partial charge in [0.1, 0.15) is 12.4 Å². The number of aromatic nitrogens is 1. The average molecular weight is 378 g/mol. The predicted molar refractivity (Wildman–Crippen MR) is 97.5 cm³/mol. The molecule has 1 heterocycles. The van der Waals surface area contributed by atoms with Gasteiger partial charge in [0.25, 0.3) is 0 Å². The summed E-state index contributed by atoms with van der Waals surface area (Å²) in [4.78, 5) is 15.0. The molecule has 0 fully saturated rings. The highest BCUT2D eigenvalue weighted by Gasteiger charge is 2.07. The minimum absolute atomic E-state index is 0.0254. The molecule has 7 heteroatoms. The molecule has 1 N–H and O–H groups in total. The molecule has 0 aliphatic carbocycles. The lowest BCUT2D eigenvalue weighted by Gasteiger charge is -2.09. The van der Waals surface area contributed by atoms with Crippen LogP contribution in [0.2, 0.25) is 0 Å². The number of halogens is 1. The summed E-state index contributed by atoms with van der Waals surface area (Å²) in [7, 11) is 0. The Morgan fingerprint density at radius 1 is 1.14 bits per heavy atom. The van der Waals surface area contributed by atoms with Crippen LogP contribution in [0.5, 0.6) is 17.4 Å². The van der Waals surface area contributed by atoms with Crippen molar-refractivity contribution in [1.82, 2.24) is 4.98 Å². The van der Waals surface area contributed by atoms with Gasteiger partial charge in [-0.25, -0.2) is 9.37 Å². The fourth-order valence-corrected chi connectivity index (χ4v) is 2.40. The average Bonchev–Trinajstić information content (AvgIpc) is 2.68. The Morgan fingerprint density at radius 3 is 2.61 bits per heavy atom. The number of aliphatic carboxylic acids is 1. The maximum absolute atomic E-state index is 13.9. The number of carboxylic acid groups (broad SMARTS) is 1. The van der Waals surface area contributed by atoms with Crippen molar-refractivity contribution in [3.63, 3.8) is 0 Å². The molecule has 140 valence electrons. The monoisotopic (exact) mass is 378 g/mol. The first-order chi connectivity index (χ1) is 13.5. The van der Waals surface area contributed by atoms with Crippen molar-refractivity contribution in [2.45, 2.75) is 13.0 Å². The number of hydrogen-bond acceptors (Lipinski definition) is 5. The van der Waals surface area contributed by atoms with Crippen molar-refractivity contribution in [2.75, 3.05) is 0 Å². The fraction of sp³-hybridized carbons (Fsp3) is 0.0952. The summed E-state index contributed by atoms with van der Waals surface area (Å²) < 4.78 is 24.9. The van der Waals surface area contributed by atoms with Gasteiger partial charge in [-0.3, -0.25) is 4.79 Å². The summed E-state index contributed by atoms with van der Waals surface area (Å²) in [5.74, 6) is -0.652. The van der Waals surface area contributed by atoms with E-state index in [1.54, 1.807) is 42.5 Å². The molecule has 0 unspecified atom stereocenters. The zero-order chi connectivity index (χ0) is 19.9. The molecule has 0 spiro atoms. The fourth-order valence-electron chi connectivity index (χ4n) is 2.40. The van der Waals surface area contributed by atoms with Crippen molar-refractivity contribution in [1.29, 1.82) is 5.26 Å². The highest BCUT2D eigenvalue weighted by molar-refractivity contribution is 5.70. The minimum atomic E-state index is -0.901. The van der Waals surface area contributed by atoms with Crippen LogP contribution >= 0.6 is 0 Å². The van der Waals surface area contributed by atoms with Gasteiger partial charge in [-0.05, 0) is 42.0 Å². The third kappa shape index (κ3) is 5.05. The first-order valence-corrected chi connectivity index (χ1v) is 8.30. The van der Waals surface area contributed by atoms with Crippen LogP contribution in [-0.4, -0.2) is 16.1 Å². The van der Waals surface area contributed by atoms with E-state index in [2.05, 4.69) is 4.98 Å². The Bertz CT molecular complexity index is 1030. The van der Waals surface area contributed by atoms with Crippen LogP contribution in [0.15, 0.2) is 60.7 Å². The highest BCUT2D eigenvalue weighted by Crippen LogP contribution is 2.22. The highest BCUT2D eigenvalue weighted by atomic mass is 19.1. The van der Waals surface area contributed by atoms with E-state index in [0.717, 1.165) is 6.07 Å². The lowest BCUT2D eigenvalue weighted by atomic mass is 10.1. The molecular weight excluding hydrogens is 363 g/mol. The summed E-state index contributed by atoms with van der Waals surface area (Å²) in [6.07, 6.45) is -0.0583. The van der Waals surface area contributed by atoms with Crippen LogP contribution in [0.4, 0.5) is 4.39 Å². The van der Waals surface area contributed by atoms with E-state index in [1.807, 2.05) is 6.07 Å². The smallest absolute Gasteiger partial charge is 0.307 e. The third-order valence-electron chi connectivity index (χ3n) is 3.72. The Labute approximate surface area is 160 Å². The molecule has 0 saturated carbocycles. The maximum atomic E-state index is 13.9. The number of rotatable bonds is 7. The summed E-state index contributed by atoms with van der Waals surface area (Å²) in [6, 6.07) is 17.6. The molecule has 2 aromatic carbocycles. The van der Waals surface area contributed by atoms with Crippen molar-refractivity contribution in [2.24, 2.45) is 0 Å². The summed E-state index contributed by atoms with van der Waals surface area (Å²) in [6.45, 7) is 0.0254. The van der Waals surface area contributed by atoms with Crippen LogP contribution in [0.3, 0.4) is 0 Å². The number of nitrogens with zero attached hydrogens (tertiary/aromatic N) is 2. The summed E-state index contributed by atoms with van der Waals surface area (Å²) in [5.41, 5.74) is 1.41. The topological polar surface area (TPSA) is 92.4 Å². The first kappa shape index (κ1) is 18.9. The molecule has 3 aromatic rings. The maximum Gasteiger partial charge on any atom is 0.307 e. The van der Waals surface area contributed by atoms with Crippen LogP contribution in [0.25, 0.3) is 0 Å². The summed E-state index contributed by atoms with van der Waals surface area (Å²) in [5, 5.41) is 17.5. The van der Waals surface area contributed by atoms with Crippen molar-refractivity contribution in [3.8, 4) is 23.4 Å². The van der Waals surface area contributed by atoms with Crippen molar-refractivity contribution >= 4 is 5.97 Å². The number of pyridine rings is 1. The largest absolute Gasteiger partial charge is 0.484 e. The quantitative estimate of drug-likeness (QED) is 0.666. The minimum Gasteiger partial charge on any atom is -0.484 e. The van der Waals surface area contributed by atoms with Gasteiger partial charge in [0, 0.05) is 6.07 Å². The van der Waals surface area contributed by atoms with Crippen LogP contribution in [0, 0.1) is 17.1 Å². The molecule has 28 heavy (non-hydrogen) atoms. The molecule has 0 radical (unpaired) electrons. The number of carboxylic acids is 1. The van der Waals surface area contributed by atoms with E-state index < -0.39 is 11.8 Å². The molecule has 3 rings (SSSR count). The SMILES string of the molecule is N#Cc1ccc(OCc2cccc(Oc3ccc(CC(=O)O)cc3)n2)c(F)c1. The van der Waals surface area contributed by atoms with E-state index in [1.165, 1.54) is 12.1 Å². The van der Waals surface area contributed by atoms with Gasteiger partial charge in [0.2, 0.25) is 5.88 Å². The lowest BCUT2D eigenvalue weighted by Crippen LogP contribution is -2.01. The molecule has 0 aliphatic heterocycles. The first-order valence-electron chi connectivity index (χ1n) is 8.30. The van der Waals surface area contributed by atoms with Crippen molar-refractivity contribution < 1.29 is 23.8 Å². The zero-order valence-electron chi connectivity index (χ0n) is 14.6. The van der Waals surface area contributed by atoms with Gasteiger partial charge in [-0.2, -0.15) is 5.26 Å². The molecule has 6 nitrogen and oxygen atoms in total. The summed E-state index contributed by atoms with van der Waals surface area (Å²) >= 11 is 0. The normalized spacial score (nSPS) is 10.1. The Hall–Kier alpha value is -3.92. The lowest BCUT2D eigenvalue weighted by molar-refractivity contribution is -0.136. The van der Waals surface area contributed by atoms with E-state index in [0.29, 0.717) is 22.9 Å². The van der Waals surface area contributed by atoms with Crippen LogP contribution < -0.4 is 9.47 Å². The molecule has 1 aromatic heterocycles. The second-order valence-electron chi connectivity index (χ2n) is 5.83. The van der Waals surface area contributed by atoms with E-state index in [4.69, 9.17) is 19.8 Å². The van der Waals surface area contributed by atoms with Crippen LogP contribution in [-0.2, 0) is 17.8 Å². The molecule has 0 saturated heterocycles. The Kier molecular flexibility index (Phi) is 5.82.